The van der Waals surface area contributed by atoms with Gasteiger partial charge in [0.1, 0.15) is 0 Å². The molecule has 0 spiro atoms. The first-order chi connectivity index (χ1) is 9.22. The Morgan fingerprint density at radius 3 is 2.79 bits per heavy atom. The zero-order chi connectivity index (χ0) is 13.2. The molecule has 0 radical (unpaired) electrons. The fraction of sp³-hybridized carbons (Fsp3) is 1.00. The Morgan fingerprint density at radius 1 is 1.05 bits per heavy atom. The van der Waals surface area contributed by atoms with E-state index in [0.29, 0.717) is 6.04 Å². The van der Waals surface area contributed by atoms with Gasteiger partial charge in [-0.25, -0.2) is 0 Å². The predicted molar refractivity (Wildman–Crippen MR) is 80.2 cm³/mol. The summed E-state index contributed by atoms with van der Waals surface area (Å²) in [7, 11) is 0. The van der Waals surface area contributed by atoms with Gasteiger partial charge in [0, 0.05) is 37.8 Å². The third-order valence-electron chi connectivity index (χ3n) is 5.63. The molecule has 3 nitrogen and oxygen atoms in total. The molecule has 3 heteroatoms. The molecule has 3 aliphatic rings. The van der Waals surface area contributed by atoms with Crippen LogP contribution >= 0.6 is 0 Å². The highest BCUT2D eigenvalue weighted by molar-refractivity contribution is 4.90. The fourth-order valence-electron chi connectivity index (χ4n) is 4.50. The molecule has 0 aromatic carbocycles. The summed E-state index contributed by atoms with van der Waals surface area (Å²) in [6.45, 7) is 7.68. The minimum Gasteiger partial charge on any atom is -0.328 e. The van der Waals surface area contributed by atoms with Gasteiger partial charge in [0.15, 0.2) is 0 Å². The zero-order valence-electron chi connectivity index (χ0n) is 12.6. The second-order valence-electron chi connectivity index (χ2n) is 7.24. The lowest BCUT2D eigenvalue weighted by Crippen LogP contribution is -2.59. The first-order valence-electron chi connectivity index (χ1n) is 8.46. The molecule has 1 saturated carbocycles. The average Bonchev–Trinajstić information content (AvgIpc) is 2.40. The van der Waals surface area contributed by atoms with Crippen LogP contribution in [0.25, 0.3) is 0 Å². The van der Waals surface area contributed by atoms with Crippen molar-refractivity contribution in [2.45, 2.75) is 70.0 Å². The lowest BCUT2D eigenvalue weighted by atomic mass is 9.85. The van der Waals surface area contributed by atoms with Crippen molar-refractivity contribution in [2.75, 3.05) is 26.2 Å². The van der Waals surface area contributed by atoms with Crippen molar-refractivity contribution in [3.05, 3.63) is 0 Å². The van der Waals surface area contributed by atoms with Gasteiger partial charge in [0.25, 0.3) is 0 Å². The number of rotatable bonds is 2. The molecule has 0 aromatic rings. The van der Waals surface area contributed by atoms with Gasteiger partial charge in [-0.2, -0.15) is 0 Å². The van der Waals surface area contributed by atoms with Gasteiger partial charge >= 0.3 is 0 Å². The molecule has 2 heterocycles. The Hall–Kier alpha value is -0.120. The van der Waals surface area contributed by atoms with E-state index in [1.54, 1.807) is 0 Å². The van der Waals surface area contributed by atoms with Crippen molar-refractivity contribution in [3.8, 4) is 0 Å². The van der Waals surface area contributed by atoms with Gasteiger partial charge in [-0.3, -0.25) is 9.80 Å². The van der Waals surface area contributed by atoms with E-state index >= 15 is 0 Å². The normalized spacial score (nSPS) is 42.0. The number of hydrogen-bond donors (Lipinski definition) is 1. The monoisotopic (exact) mass is 265 g/mol. The van der Waals surface area contributed by atoms with E-state index in [2.05, 4.69) is 16.7 Å². The van der Waals surface area contributed by atoms with E-state index in [1.165, 1.54) is 71.1 Å². The molecule has 0 bridgehead atoms. The Morgan fingerprint density at radius 2 is 1.95 bits per heavy atom. The summed E-state index contributed by atoms with van der Waals surface area (Å²) in [6, 6.07) is 2.07. The molecule has 19 heavy (non-hydrogen) atoms. The third kappa shape index (κ3) is 3.32. The van der Waals surface area contributed by atoms with Crippen LogP contribution in [-0.4, -0.2) is 54.1 Å². The van der Waals surface area contributed by atoms with E-state index in [1.807, 2.05) is 0 Å². The Labute approximate surface area is 118 Å². The van der Waals surface area contributed by atoms with E-state index < -0.39 is 0 Å². The van der Waals surface area contributed by atoms with E-state index in [9.17, 15) is 0 Å². The Bertz CT molecular complexity index is 294. The quantitative estimate of drug-likeness (QED) is 0.829. The first kappa shape index (κ1) is 13.8. The first-order valence-corrected chi connectivity index (χ1v) is 8.46. The van der Waals surface area contributed by atoms with Crippen LogP contribution in [0.4, 0.5) is 0 Å². The average molecular weight is 265 g/mol. The Balaban J connectivity index is 1.55. The maximum Gasteiger partial charge on any atom is 0.0223 e. The molecule has 1 aliphatic carbocycles. The van der Waals surface area contributed by atoms with Crippen LogP contribution < -0.4 is 5.73 Å². The van der Waals surface area contributed by atoms with Gasteiger partial charge in [-0.15, -0.1) is 0 Å². The molecule has 2 saturated heterocycles. The molecule has 4 atom stereocenters. The molecule has 0 amide bonds. The lowest BCUT2D eigenvalue weighted by Gasteiger charge is -2.48. The van der Waals surface area contributed by atoms with Crippen molar-refractivity contribution in [1.82, 2.24) is 9.80 Å². The largest absolute Gasteiger partial charge is 0.328 e. The smallest absolute Gasteiger partial charge is 0.0223 e. The van der Waals surface area contributed by atoms with Gasteiger partial charge in [-0.05, 0) is 51.5 Å². The SMILES string of the molecule is CC1CN2CCCCC2CN1CC1CCCC(N)C1. The summed E-state index contributed by atoms with van der Waals surface area (Å²) in [4.78, 5) is 5.52. The van der Waals surface area contributed by atoms with Crippen molar-refractivity contribution in [2.24, 2.45) is 11.7 Å². The van der Waals surface area contributed by atoms with Crippen molar-refractivity contribution in [1.29, 1.82) is 0 Å². The van der Waals surface area contributed by atoms with E-state index in [-0.39, 0.29) is 0 Å². The van der Waals surface area contributed by atoms with Crippen LogP contribution in [0.15, 0.2) is 0 Å². The number of nitrogens with two attached hydrogens (primary N) is 1. The van der Waals surface area contributed by atoms with Crippen LogP contribution in [0.3, 0.4) is 0 Å². The lowest BCUT2D eigenvalue weighted by molar-refractivity contribution is 0.00437. The molecule has 4 unspecified atom stereocenters. The summed E-state index contributed by atoms with van der Waals surface area (Å²) in [5.74, 6) is 0.862. The maximum atomic E-state index is 6.14. The molecule has 3 rings (SSSR count). The topological polar surface area (TPSA) is 32.5 Å². The van der Waals surface area contributed by atoms with Gasteiger partial charge in [0.2, 0.25) is 0 Å². The molecule has 2 N–H and O–H groups in total. The summed E-state index contributed by atoms with van der Waals surface area (Å²) in [5, 5.41) is 0. The van der Waals surface area contributed by atoms with Crippen LogP contribution in [0.1, 0.15) is 51.9 Å². The van der Waals surface area contributed by atoms with Gasteiger partial charge in [0.05, 0.1) is 0 Å². The second-order valence-corrected chi connectivity index (χ2v) is 7.24. The zero-order valence-corrected chi connectivity index (χ0v) is 12.6. The molecule has 3 fully saturated rings. The predicted octanol–water partition coefficient (Wildman–Crippen LogP) is 2.06. The molecule has 0 aromatic heterocycles. The summed E-state index contributed by atoms with van der Waals surface area (Å²) < 4.78 is 0. The number of nitrogens with zero attached hydrogens (tertiary/aromatic N) is 2. The molecule has 110 valence electrons. The number of hydrogen-bond acceptors (Lipinski definition) is 3. The van der Waals surface area contributed by atoms with Crippen molar-refractivity contribution < 1.29 is 0 Å². The van der Waals surface area contributed by atoms with Crippen molar-refractivity contribution in [3.63, 3.8) is 0 Å². The highest BCUT2D eigenvalue weighted by Crippen LogP contribution is 2.28. The Kier molecular flexibility index (Phi) is 4.45. The van der Waals surface area contributed by atoms with Crippen LogP contribution in [-0.2, 0) is 0 Å². The molecular weight excluding hydrogens is 234 g/mol. The fourth-order valence-corrected chi connectivity index (χ4v) is 4.50. The number of piperazine rings is 1. The standard InChI is InChI=1S/C16H31N3/c1-13-10-18-8-3-2-7-16(18)12-19(13)11-14-5-4-6-15(17)9-14/h13-16H,2-12,17H2,1H3. The van der Waals surface area contributed by atoms with E-state index in [4.69, 9.17) is 5.73 Å². The number of piperidine rings is 1. The highest BCUT2D eigenvalue weighted by atomic mass is 15.3. The summed E-state index contributed by atoms with van der Waals surface area (Å²) in [6.07, 6.45) is 9.56. The molecular formula is C16H31N3. The third-order valence-corrected chi connectivity index (χ3v) is 5.63. The van der Waals surface area contributed by atoms with Gasteiger partial charge in [-0.1, -0.05) is 12.8 Å². The van der Waals surface area contributed by atoms with Crippen LogP contribution in [0, 0.1) is 5.92 Å². The van der Waals surface area contributed by atoms with Crippen molar-refractivity contribution >= 4 is 0 Å². The summed E-state index contributed by atoms with van der Waals surface area (Å²) in [5.41, 5.74) is 6.14. The van der Waals surface area contributed by atoms with Crippen LogP contribution in [0.2, 0.25) is 0 Å². The second kappa shape index (κ2) is 6.11. The summed E-state index contributed by atoms with van der Waals surface area (Å²) >= 11 is 0. The van der Waals surface area contributed by atoms with Crippen LogP contribution in [0.5, 0.6) is 0 Å². The minimum absolute atomic E-state index is 0.477. The van der Waals surface area contributed by atoms with E-state index in [0.717, 1.165) is 18.0 Å². The minimum atomic E-state index is 0.477. The molecule has 2 aliphatic heterocycles. The highest BCUT2D eigenvalue weighted by Gasteiger charge is 2.34. The maximum absolute atomic E-state index is 6.14. The van der Waals surface area contributed by atoms with Gasteiger partial charge < -0.3 is 5.73 Å². The number of fused-ring (bicyclic) bond motifs is 1.